The maximum Gasteiger partial charge on any atom is 0.253 e. The summed E-state index contributed by atoms with van der Waals surface area (Å²) in [5.41, 5.74) is 1.12. The van der Waals surface area contributed by atoms with Crippen molar-refractivity contribution in [2.24, 2.45) is 5.92 Å². The summed E-state index contributed by atoms with van der Waals surface area (Å²) in [6, 6.07) is 4.94. The Morgan fingerprint density at radius 1 is 1.36 bits per heavy atom. The molecule has 1 aliphatic heterocycles. The van der Waals surface area contributed by atoms with Crippen molar-refractivity contribution in [3.63, 3.8) is 0 Å². The standard InChI is InChI=1S/C18H25FN2O/c1-13-11-15(7-8-16(13)19)18(22)20(2)17(14-5-6-14)12-21-9-3-4-10-21/h7-8,11,14,17H,3-6,9-10,12H2,1-2H3. The highest BCUT2D eigenvalue weighted by molar-refractivity contribution is 5.94. The summed E-state index contributed by atoms with van der Waals surface area (Å²) in [7, 11) is 1.90. The van der Waals surface area contributed by atoms with E-state index in [-0.39, 0.29) is 17.8 Å². The first-order valence-electron chi connectivity index (χ1n) is 8.32. The van der Waals surface area contributed by atoms with Crippen molar-refractivity contribution in [3.8, 4) is 0 Å². The van der Waals surface area contributed by atoms with Gasteiger partial charge in [0, 0.05) is 25.2 Å². The van der Waals surface area contributed by atoms with E-state index in [0.717, 1.165) is 19.6 Å². The van der Waals surface area contributed by atoms with Crippen LogP contribution in [0.15, 0.2) is 18.2 Å². The number of rotatable bonds is 5. The third-order valence-electron chi connectivity index (χ3n) is 5.03. The van der Waals surface area contributed by atoms with Gasteiger partial charge in [-0.2, -0.15) is 0 Å². The van der Waals surface area contributed by atoms with Crippen molar-refractivity contribution in [2.45, 2.75) is 38.6 Å². The van der Waals surface area contributed by atoms with Gasteiger partial charge in [-0.25, -0.2) is 4.39 Å². The van der Waals surface area contributed by atoms with Gasteiger partial charge in [-0.1, -0.05) is 0 Å². The molecule has 1 saturated heterocycles. The summed E-state index contributed by atoms with van der Waals surface area (Å²) in [5.74, 6) is 0.394. The number of hydrogen-bond donors (Lipinski definition) is 0. The van der Waals surface area contributed by atoms with E-state index in [1.807, 2.05) is 11.9 Å². The number of carbonyl (C=O) groups excluding carboxylic acids is 1. The van der Waals surface area contributed by atoms with E-state index in [4.69, 9.17) is 0 Å². The highest BCUT2D eigenvalue weighted by Gasteiger charge is 2.37. The molecule has 1 aromatic carbocycles. The number of halogens is 1. The van der Waals surface area contributed by atoms with E-state index in [1.165, 1.54) is 31.7 Å². The third-order valence-corrected chi connectivity index (χ3v) is 5.03. The van der Waals surface area contributed by atoms with Crippen LogP contribution in [0.5, 0.6) is 0 Å². The number of amides is 1. The summed E-state index contributed by atoms with van der Waals surface area (Å²) in [6.45, 7) is 4.99. The number of aryl methyl sites for hydroxylation is 1. The van der Waals surface area contributed by atoms with E-state index >= 15 is 0 Å². The van der Waals surface area contributed by atoms with Gasteiger partial charge < -0.3 is 9.80 Å². The van der Waals surface area contributed by atoms with Gasteiger partial charge in [-0.05, 0) is 75.4 Å². The Hall–Kier alpha value is -1.42. The molecule has 0 radical (unpaired) electrons. The highest BCUT2D eigenvalue weighted by atomic mass is 19.1. The SMILES string of the molecule is Cc1cc(C(=O)N(C)C(CN2CCCC2)C2CC2)ccc1F. The predicted molar refractivity (Wildman–Crippen MR) is 85.4 cm³/mol. The van der Waals surface area contributed by atoms with Gasteiger partial charge in [-0.15, -0.1) is 0 Å². The van der Waals surface area contributed by atoms with Crippen LogP contribution in [0.1, 0.15) is 41.6 Å². The van der Waals surface area contributed by atoms with Crippen LogP contribution >= 0.6 is 0 Å². The van der Waals surface area contributed by atoms with Crippen LogP contribution in [-0.2, 0) is 0 Å². The lowest BCUT2D eigenvalue weighted by Gasteiger charge is -2.32. The molecule has 3 rings (SSSR count). The van der Waals surface area contributed by atoms with Crippen LogP contribution in [0, 0.1) is 18.7 Å². The molecule has 1 amide bonds. The Labute approximate surface area is 132 Å². The molecule has 2 aliphatic rings. The normalized spacial score (nSPS) is 20.1. The van der Waals surface area contributed by atoms with Gasteiger partial charge in [0.1, 0.15) is 5.82 Å². The first-order valence-corrected chi connectivity index (χ1v) is 8.32. The molecule has 120 valence electrons. The van der Waals surface area contributed by atoms with Crippen LogP contribution < -0.4 is 0 Å². The molecule has 1 saturated carbocycles. The maximum atomic E-state index is 13.4. The van der Waals surface area contributed by atoms with Crippen LogP contribution in [0.2, 0.25) is 0 Å². The van der Waals surface area contributed by atoms with E-state index in [9.17, 15) is 9.18 Å². The van der Waals surface area contributed by atoms with Gasteiger partial charge in [0.05, 0.1) is 0 Å². The number of carbonyl (C=O) groups is 1. The Balaban J connectivity index is 1.72. The molecule has 4 heteroatoms. The highest BCUT2D eigenvalue weighted by Crippen LogP contribution is 2.36. The summed E-state index contributed by atoms with van der Waals surface area (Å²) < 4.78 is 13.4. The molecule has 22 heavy (non-hydrogen) atoms. The van der Waals surface area contributed by atoms with Crippen molar-refractivity contribution < 1.29 is 9.18 Å². The van der Waals surface area contributed by atoms with Crippen molar-refractivity contribution in [3.05, 3.63) is 35.1 Å². The minimum absolute atomic E-state index is 0.0131. The lowest BCUT2D eigenvalue weighted by molar-refractivity contribution is 0.0672. The summed E-state index contributed by atoms with van der Waals surface area (Å²) in [5, 5.41) is 0. The first-order chi connectivity index (χ1) is 10.6. The lowest BCUT2D eigenvalue weighted by Crippen LogP contribution is -2.45. The van der Waals surface area contributed by atoms with Gasteiger partial charge in [-0.3, -0.25) is 4.79 Å². The largest absolute Gasteiger partial charge is 0.337 e. The molecule has 2 fully saturated rings. The molecule has 0 bridgehead atoms. The zero-order valence-corrected chi connectivity index (χ0v) is 13.5. The number of likely N-dealkylation sites (N-methyl/N-ethyl adjacent to an activating group) is 1. The van der Waals surface area contributed by atoms with Crippen LogP contribution in [0.3, 0.4) is 0 Å². The second-order valence-corrected chi connectivity index (χ2v) is 6.79. The molecule has 1 unspecified atom stereocenters. The van der Waals surface area contributed by atoms with E-state index in [2.05, 4.69) is 4.90 Å². The minimum atomic E-state index is -0.255. The van der Waals surface area contributed by atoms with Gasteiger partial charge in [0.2, 0.25) is 0 Å². The zero-order chi connectivity index (χ0) is 15.7. The van der Waals surface area contributed by atoms with E-state index < -0.39 is 0 Å². The molecule has 0 spiro atoms. The zero-order valence-electron chi connectivity index (χ0n) is 13.5. The first kappa shape index (κ1) is 15.5. The molecule has 1 aliphatic carbocycles. The van der Waals surface area contributed by atoms with Gasteiger partial charge in [0.15, 0.2) is 0 Å². The Morgan fingerprint density at radius 3 is 2.64 bits per heavy atom. The molecular formula is C18H25FN2O. The smallest absolute Gasteiger partial charge is 0.253 e. The molecule has 1 heterocycles. The molecule has 1 aromatic rings. The fourth-order valence-electron chi connectivity index (χ4n) is 3.43. The van der Waals surface area contributed by atoms with Crippen molar-refractivity contribution >= 4 is 5.91 Å². The predicted octanol–water partition coefficient (Wildman–Crippen LogP) is 3.08. The van der Waals surface area contributed by atoms with Gasteiger partial charge in [0.25, 0.3) is 5.91 Å². The second kappa shape index (κ2) is 6.37. The average molecular weight is 304 g/mol. The minimum Gasteiger partial charge on any atom is -0.337 e. The summed E-state index contributed by atoms with van der Waals surface area (Å²) in [6.07, 6.45) is 4.98. The maximum absolute atomic E-state index is 13.4. The number of benzene rings is 1. The summed E-state index contributed by atoms with van der Waals surface area (Å²) >= 11 is 0. The van der Waals surface area contributed by atoms with Crippen LogP contribution in [0.25, 0.3) is 0 Å². The molecule has 0 N–H and O–H groups in total. The Bertz CT molecular complexity index is 550. The Kier molecular flexibility index (Phi) is 4.48. The van der Waals surface area contributed by atoms with Gasteiger partial charge >= 0.3 is 0 Å². The molecule has 3 nitrogen and oxygen atoms in total. The second-order valence-electron chi connectivity index (χ2n) is 6.79. The number of hydrogen-bond acceptors (Lipinski definition) is 2. The van der Waals surface area contributed by atoms with E-state index in [1.54, 1.807) is 19.1 Å². The molecular weight excluding hydrogens is 279 g/mol. The van der Waals surface area contributed by atoms with Crippen molar-refractivity contribution in [2.75, 3.05) is 26.7 Å². The fourth-order valence-corrected chi connectivity index (χ4v) is 3.43. The quantitative estimate of drug-likeness (QED) is 0.834. The average Bonchev–Trinajstić information content (AvgIpc) is 3.22. The van der Waals surface area contributed by atoms with E-state index in [0.29, 0.717) is 17.0 Å². The number of nitrogens with zero attached hydrogens (tertiary/aromatic N) is 2. The van der Waals surface area contributed by atoms with Crippen LogP contribution in [0.4, 0.5) is 4.39 Å². The van der Waals surface area contributed by atoms with Crippen LogP contribution in [-0.4, -0.2) is 48.4 Å². The fraction of sp³-hybridized carbons (Fsp3) is 0.611. The topological polar surface area (TPSA) is 23.6 Å². The lowest BCUT2D eigenvalue weighted by atomic mass is 10.1. The van der Waals surface area contributed by atoms with Crippen molar-refractivity contribution in [1.82, 2.24) is 9.80 Å². The Morgan fingerprint density at radius 2 is 2.05 bits per heavy atom. The molecule has 1 atom stereocenters. The monoisotopic (exact) mass is 304 g/mol. The third kappa shape index (κ3) is 3.32. The van der Waals surface area contributed by atoms with Crippen molar-refractivity contribution in [1.29, 1.82) is 0 Å². The summed E-state index contributed by atoms with van der Waals surface area (Å²) in [4.78, 5) is 17.1. The number of likely N-dealkylation sites (tertiary alicyclic amines) is 1. The molecule has 0 aromatic heterocycles.